The van der Waals surface area contributed by atoms with Crippen LogP contribution in [-0.4, -0.2) is 60.8 Å². The molecule has 0 bridgehead atoms. The van der Waals surface area contributed by atoms with Crippen molar-refractivity contribution in [2.24, 2.45) is 0 Å². The van der Waals surface area contributed by atoms with Crippen molar-refractivity contribution in [3.05, 3.63) is 17.4 Å². The largest absolute Gasteiger partial charge is 0.611 e. The third kappa shape index (κ3) is 3.65. The van der Waals surface area contributed by atoms with E-state index in [0.717, 1.165) is 61.1 Å². The summed E-state index contributed by atoms with van der Waals surface area (Å²) in [5.74, 6) is 3.90. The highest BCUT2D eigenvalue weighted by Gasteiger charge is 2.45. The lowest BCUT2D eigenvalue weighted by molar-refractivity contribution is 0.265. The molecule has 2 aromatic rings. The normalized spacial score (nSPS) is 23.1. The third-order valence-electron chi connectivity index (χ3n) is 6.32. The Kier molecular flexibility index (Phi) is 5.11. The molecule has 1 unspecified atom stereocenters. The van der Waals surface area contributed by atoms with Gasteiger partial charge in [0, 0.05) is 31.3 Å². The lowest BCUT2D eigenvalue weighted by Crippen LogP contribution is -2.35. The van der Waals surface area contributed by atoms with E-state index < -0.39 is 11.2 Å². The predicted octanol–water partition coefficient (Wildman–Crippen LogP) is 1.97. The number of aliphatic hydroxyl groups excluding tert-OH is 1. The zero-order valence-corrected chi connectivity index (χ0v) is 18.2. The first-order chi connectivity index (χ1) is 14.5. The molecular weight excluding hydrogens is 404 g/mol. The van der Waals surface area contributed by atoms with Crippen LogP contribution in [0.25, 0.3) is 0 Å². The summed E-state index contributed by atoms with van der Waals surface area (Å²) in [4.78, 5) is 17.0. The minimum Gasteiger partial charge on any atom is -0.611 e. The van der Waals surface area contributed by atoms with Crippen LogP contribution in [0.4, 0.5) is 11.8 Å². The van der Waals surface area contributed by atoms with E-state index in [1.165, 1.54) is 0 Å². The first-order valence-corrected chi connectivity index (χ1v) is 12.1. The van der Waals surface area contributed by atoms with Crippen LogP contribution >= 0.6 is 0 Å². The molecule has 5 rings (SSSR count). The Morgan fingerprint density at radius 2 is 2.03 bits per heavy atom. The van der Waals surface area contributed by atoms with Crippen molar-refractivity contribution in [3.8, 4) is 0 Å². The van der Waals surface area contributed by atoms with Gasteiger partial charge in [-0.05, 0) is 36.9 Å². The van der Waals surface area contributed by atoms with Gasteiger partial charge in [0.25, 0.3) is 0 Å². The number of rotatable bonds is 6. The average molecular weight is 433 g/mol. The average Bonchev–Trinajstić information content (AvgIpc) is 3.17. The number of aryl methyl sites for hydroxylation is 1. The summed E-state index contributed by atoms with van der Waals surface area (Å²) in [5.41, 5.74) is 0.556. The lowest BCUT2D eigenvalue weighted by Gasteiger charge is -2.31. The van der Waals surface area contributed by atoms with Crippen molar-refractivity contribution in [1.29, 1.82) is 0 Å². The Labute approximate surface area is 178 Å². The summed E-state index contributed by atoms with van der Waals surface area (Å²) >= 11 is -1.08. The fourth-order valence-corrected chi connectivity index (χ4v) is 5.41. The second-order valence-corrected chi connectivity index (χ2v) is 10.4. The summed E-state index contributed by atoms with van der Waals surface area (Å²) in [6.45, 7) is 5.78. The van der Waals surface area contributed by atoms with Crippen molar-refractivity contribution in [1.82, 2.24) is 20.1 Å². The van der Waals surface area contributed by atoms with Gasteiger partial charge < -0.3 is 24.4 Å². The van der Waals surface area contributed by atoms with Gasteiger partial charge in [-0.3, -0.25) is 0 Å². The molecule has 2 aromatic heterocycles. The van der Waals surface area contributed by atoms with Gasteiger partial charge in [-0.2, -0.15) is 9.97 Å². The minimum atomic E-state index is -1.08. The van der Waals surface area contributed by atoms with Crippen LogP contribution in [0.15, 0.2) is 9.42 Å². The van der Waals surface area contributed by atoms with Crippen LogP contribution in [0.1, 0.15) is 68.8 Å². The van der Waals surface area contributed by atoms with Crippen LogP contribution in [0.2, 0.25) is 0 Å². The smallest absolute Gasteiger partial charge is 0.229 e. The molecule has 3 aliphatic rings. The number of nitrogens with one attached hydrogen (secondary N) is 1. The van der Waals surface area contributed by atoms with Crippen LogP contribution in [-0.2, 0) is 17.6 Å². The van der Waals surface area contributed by atoms with E-state index in [9.17, 15) is 9.66 Å². The van der Waals surface area contributed by atoms with Crippen molar-refractivity contribution >= 4 is 22.9 Å². The van der Waals surface area contributed by atoms with E-state index in [1.54, 1.807) is 0 Å². The molecule has 1 saturated heterocycles. The molecule has 0 amide bonds. The molecule has 2 fully saturated rings. The maximum atomic E-state index is 12.5. The highest BCUT2D eigenvalue weighted by atomic mass is 32.2. The SMILES string of the molecule is CC(C)c1noc(C2CCN(c3nc4c(c(NC5(CO)CC5)n3)[S+]([O-])CC4)CC2)n1. The van der Waals surface area contributed by atoms with Gasteiger partial charge in [0.05, 0.1) is 12.1 Å². The van der Waals surface area contributed by atoms with Crippen LogP contribution in [0.3, 0.4) is 0 Å². The maximum absolute atomic E-state index is 12.5. The molecule has 1 saturated carbocycles. The quantitative estimate of drug-likeness (QED) is 0.659. The highest BCUT2D eigenvalue weighted by molar-refractivity contribution is 7.91. The summed E-state index contributed by atoms with van der Waals surface area (Å²) < 4.78 is 18.0. The fourth-order valence-electron chi connectivity index (χ4n) is 4.11. The van der Waals surface area contributed by atoms with E-state index in [2.05, 4.69) is 34.2 Å². The van der Waals surface area contributed by atoms with Crippen molar-refractivity contribution < 1.29 is 14.2 Å². The number of nitrogens with zero attached hydrogens (tertiary/aromatic N) is 5. The number of fused-ring (bicyclic) bond motifs is 1. The number of aromatic nitrogens is 4. The Morgan fingerprint density at radius 1 is 1.27 bits per heavy atom. The molecule has 0 radical (unpaired) electrons. The second kappa shape index (κ2) is 7.65. The molecule has 0 aromatic carbocycles. The molecule has 4 heterocycles. The minimum absolute atomic E-state index is 0.0572. The maximum Gasteiger partial charge on any atom is 0.229 e. The highest BCUT2D eigenvalue weighted by Crippen LogP contribution is 2.42. The molecule has 162 valence electrons. The van der Waals surface area contributed by atoms with Crippen molar-refractivity contribution in [2.75, 3.05) is 35.7 Å². The Balaban J connectivity index is 1.33. The topological polar surface area (TPSA) is 123 Å². The molecule has 30 heavy (non-hydrogen) atoms. The summed E-state index contributed by atoms with van der Waals surface area (Å²) in [6.07, 6.45) is 4.30. The molecular formula is C20H28N6O3S. The van der Waals surface area contributed by atoms with Gasteiger partial charge in [-0.25, -0.2) is 4.98 Å². The van der Waals surface area contributed by atoms with E-state index in [0.29, 0.717) is 23.9 Å². The van der Waals surface area contributed by atoms with Gasteiger partial charge in [0.15, 0.2) is 11.6 Å². The Hall–Kier alpha value is -1.91. The lowest BCUT2D eigenvalue weighted by atomic mass is 9.97. The molecule has 10 heteroatoms. The first-order valence-electron chi connectivity index (χ1n) is 10.7. The molecule has 9 nitrogen and oxygen atoms in total. The number of hydrogen-bond acceptors (Lipinski definition) is 9. The zero-order chi connectivity index (χ0) is 20.9. The fraction of sp³-hybridized carbons (Fsp3) is 0.700. The second-order valence-electron chi connectivity index (χ2n) is 8.92. The summed E-state index contributed by atoms with van der Waals surface area (Å²) in [7, 11) is 0. The Bertz CT molecular complexity index is 923. The van der Waals surface area contributed by atoms with Crippen molar-refractivity contribution in [3.63, 3.8) is 0 Å². The predicted molar refractivity (Wildman–Crippen MR) is 112 cm³/mol. The van der Waals surface area contributed by atoms with Gasteiger partial charge in [0.1, 0.15) is 11.4 Å². The number of anilines is 2. The molecule has 1 aliphatic carbocycles. The number of aliphatic hydroxyl groups is 1. The number of piperidine rings is 1. The van der Waals surface area contributed by atoms with Crippen LogP contribution < -0.4 is 10.2 Å². The van der Waals surface area contributed by atoms with E-state index in [-0.39, 0.29) is 24.0 Å². The monoisotopic (exact) mass is 432 g/mol. The standard InChI is InChI=1S/C20H28N6O3S/c1-12(2)16-22-18(29-25-16)13-3-8-26(9-4-13)19-21-14-5-10-30(28)15(14)17(23-19)24-20(11-27)6-7-20/h12-13,27H,3-11H2,1-2H3,(H,21,23,24). The van der Waals surface area contributed by atoms with Gasteiger partial charge in [0.2, 0.25) is 16.7 Å². The summed E-state index contributed by atoms with van der Waals surface area (Å²) in [5, 5.41) is 17.2. The van der Waals surface area contributed by atoms with E-state index >= 15 is 0 Å². The zero-order valence-electron chi connectivity index (χ0n) is 17.4. The van der Waals surface area contributed by atoms with E-state index in [4.69, 9.17) is 14.5 Å². The molecule has 1 atom stereocenters. The van der Waals surface area contributed by atoms with E-state index in [1.807, 2.05) is 0 Å². The summed E-state index contributed by atoms with van der Waals surface area (Å²) in [6, 6.07) is 0. The molecule has 2 N–H and O–H groups in total. The third-order valence-corrected chi connectivity index (χ3v) is 7.78. The van der Waals surface area contributed by atoms with Crippen molar-refractivity contribution in [2.45, 2.75) is 68.2 Å². The molecule has 0 spiro atoms. The van der Waals surface area contributed by atoms with Crippen LogP contribution in [0, 0.1) is 0 Å². The number of hydrogen-bond donors (Lipinski definition) is 2. The molecule has 2 aliphatic heterocycles. The van der Waals surface area contributed by atoms with Gasteiger partial charge in [-0.15, -0.1) is 0 Å². The first kappa shape index (κ1) is 20.0. The van der Waals surface area contributed by atoms with Crippen LogP contribution in [0.5, 0.6) is 0 Å². The van der Waals surface area contributed by atoms with Gasteiger partial charge >= 0.3 is 0 Å². The van der Waals surface area contributed by atoms with Gasteiger partial charge in [-0.1, -0.05) is 19.0 Å². The Morgan fingerprint density at radius 3 is 2.67 bits per heavy atom.